The van der Waals surface area contributed by atoms with E-state index in [1.165, 1.54) is 18.6 Å². The predicted octanol–water partition coefficient (Wildman–Crippen LogP) is 2.32. The number of nitrogen functional groups attached to an aromatic ring is 1. The molecule has 0 radical (unpaired) electrons. The molecule has 1 aromatic carbocycles. The number of nitrogens with one attached hydrogen (secondary N) is 1. The summed E-state index contributed by atoms with van der Waals surface area (Å²) < 4.78 is 4.71. The molecule has 1 fully saturated rings. The molecule has 0 aliphatic carbocycles. The molecule has 104 valence electrons. The number of hydrogen-bond donors (Lipinski definition) is 2. The highest BCUT2D eigenvalue weighted by atomic mass is 32.2. The summed E-state index contributed by atoms with van der Waals surface area (Å²) in [4.78, 5) is 11.6. The van der Waals surface area contributed by atoms with Crippen LogP contribution in [0.5, 0.6) is 0 Å². The van der Waals surface area contributed by atoms with E-state index in [9.17, 15) is 4.79 Å². The van der Waals surface area contributed by atoms with E-state index in [2.05, 4.69) is 5.32 Å². The van der Waals surface area contributed by atoms with Gasteiger partial charge in [-0.1, -0.05) is 6.07 Å². The van der Waals surface area contributed by atoms with E-state index in [1.807, 2.05) is 35.7 Å². The number of methoxy groups -OCH3 is 1. The van der Waals surface area contributed by atoms with E-state index in [-0.39, 0.29) is 0 Å². The van der Waals surface area contributed by atoms with Crippen LogP contribution >= 0.6 is 23.5 Å². The topological polar surface area (TPSA) is 64.3 Å². The maximum Gasteiger partial charge on any atom is 0.340 e. The Morgan fingerprint density at radius 3 is 3.05 bits per heavy atom. The second-order valence-corrected chi connectivity index (χ2v) is 6.77. The van der Waals surface area contributed by atoms with Gasteiger partial charge in [0.1, 0.15) is 0 Å². The lowest BCUT2D eigenvalue weighted by Gasteiger charge is -2.22. The van der Waals surface area contributed by atoms with Crippen LogP contribution in [0.3, 0.4) is 0 Å². The molecular weight excluding hydrogens is 280 g/mol. The molecule has 1 atom stereocenters. The van der Waals surface area contributed by atoms with Crippen molar-refractivity contribution in [1.29, 1.82) is 0 Å². The van der Waals surface area contributed by atoms with Crippen molar-refractivity contribution in [2.45, 2.75) is 5.25 Å². The molecule has 1 aliphatic heterocycles. The second kappa shape index (κ2) is 6.96. The standard InChI is InChI=1S/C13H18N2O2S2/c1-17-13(16)10-3-2-4-11(12(10)14)15-7-9-8-18-5-6-19-9/h2-4,9,15H,5-8,14H2,1H3. The number of hydrogen-bond acceptors (Lipinski definition) is 6. The summed E-state index contributed by atoms with van der Waals surface area (Å²) in [5.41, 5.74) is 7.68. The molecule has 19 heavy (non-hydrogen) atoms. The maximum absolute atomic E-state index is 11.6. The van der Waals surface area contributed by atoms with Crippen LogP contribution in [-0.4, -0.2) is 42.1 Å². The number of esters is 1. The Morgan fingerprint density at radius 1 is 1.53 bits per heavy atom. The zero-order valence-electron chi connectivity index (χ0n) is 10.8. The summed E-state index contributed by atoms with van der Waals surface area (Å²) in [7, 11) is 1.36. The van der Waals surface area contributed by atoms with Gasteiger partial charge in [0.05, 0.1) is 24.0 Å². The van der Waals surface area contributed by atoms with Gasteiger partial charge >= 0.3 is 5.97 Å². The number of nitrogens with two attached hydrogens (primary N) is 1. The fraction of sp³-hybridized carbons (Fsp3) is 0.462. The van der Waals surface area contributed by atoms with Crippen molar-refractivity contribution in [1.82, 2.24) is 0 Å². The van der Waals surface area contributed by atoms with Gasteiger partial charge in [0.2, 0.25) is 0 Å². The third-order valence-corrected chi connectivity index (χ3v) is 5.76. The Balaban J connectivity index is 2.01. The number of benzene rings is 1. The van der Waals surface area contributed by atoms with Crippen molar-refractivity contribution < 1.29 is 9.53 Å². The molecule has 0 amide bonds. The first kappa shape index (κ1) is 14.4. The minimum atomic E-state index is -0.399. The van der Waals surface area contributed by atoms with Crippen LogP contribution in [0.2, 0.25) is 0 Å². The molecule has 0 saturated carbocycles. The van der Waals surface area contributed by atoms with Crippen molar-refractivity contribution in [2.75, 3.05) is 42.0 Å². The Bertz CT molecular complexity index is 448. The molecule has 0 aromatic heterocycles. The summed E-state index contributed by atoms with van der Waals surface area (Å²) in [6.45, 7) is 0.868. The van der Waals surface area contributed by atoms with Crippen molar-refractivity contribution >= 4 is 40.9 Å². The highest BCUT2D eigenvalue weighted by Crippen LogP contribution is 2.27. The van der Waals surface area contributed by atoms with Gasteiger partial charge in [-0.15, -0.1) is 0 Å². The van der Waals surface area contributed by atoms with E-state index in [4.69, 9.17) is 10.5 Å². The van der Waals surface area contributed by atoms with Gasteiger partial charge in [-0.25, -0.2) is 4.79 Å². The highest BCUT2D eigenvalue weighted by molar-refractivity contribution is 8.06. The number of rotatable bonds is 4. The van der Waals surface area contributed by atoms with E-state index in [0.717, 1.165) is 18.0 Å². The van der Waals surface area contributed by atoms with Gasteiger partial charge in [-0.2, -0.15) is 23.5 Å². The van der Waals surface area contributed by atoms with Crippen molar-refractivity contribution in [2.24, 2.45) is 0 Å². The van der Waals surface area contributed by atoms with Crippen LogP contribution < -0.4 is 11.1 Å². The summed E-state index contributed by atoms with van der Waals surface area (Å²) >= 11 is 3.98. The Morgan fingerprint density at radius 2 is 2.37 bits per heavy atom. The molecule has 0 bridgehead atoms. The summed E-state index contributed by atoms with van der Waals surface area (Å²) in [6, 6.07) is 5.38. The van der Waals surface area contributed by atoms with Gasteiger partial charge in [0, 0.05) is 29.1 Å². The zero-order chi connectivity index (χ0) is 13.7. The smallest absolute Gasteiger partial charge is 0.340 e. The Hall–Kier alpha value is -1.01. The molecule has 1 aromatic rings. The van der Waals surface area contributed by atoms with Crippen LogP contribution in [-0.2, 0) is 4.74 Å². The maximum atomic E-state index is 11.6. The average molecular weight is 298 g/mol. The summed E-state index contributed by atoms with van der Waals surface area (Å²) in [5, 5.41) is 3.93. The lowest BCUT2D eigenvalue weighted by molar-refractivity contribution is 0.0602. The third-order valence-electron chi connectivity index (χ3n) is 2.92. The molecule has 6 heteroatoms. The molecule has 1 unspecified atom stereocenters. The minimum Gasteiger partial charge on any atom is -0.465 e. The van der Waals surface area contributed by atoms with Crippen LogP contribution in [0.4, 0.5) is 11.4 Å². The van der Waals surface area contributed by atoms with Gasteiger partial charge in [0.25, 0.3) is 0 Å². The van der Waals surface area contributed by atoms with Gasteiger partial charge in [-0.3, -0.25) is 0 Å². The van der Waals surface area contributed by atoms with E-state index in [0.29, 0.717) is 16.5 Å². The van der Waals surface area contributed by atoms with Gasteiger partial charge in [0.15, 0.2) is 0 Å². The molecule has 1 saturated heterocycles. The average Bonchev–Trinajstić information content (AvgIpc) is 2.46. The van der Waals surface area contributed by atoms with Gasteiger partial charge in [-0.05, 0) is 12.1 Å². The first-order valence-electron chi connectivity index (χ1n) is 6.12. The zero-order valence-corrected chi connectivity index (χ0v) is 12.5. The third kappa shape index (κ3) is 3.73. The van der Waals surface area contributed by atoms with Crippen LogP contribution in [0.25, 0.3) is 0 Å². The number of ether oxygens (including phenoxy) is 1. The first-order chi connectivity index (χ1) is 9.22. The normalized spacial score (nSPS) is 18.9. The first-order valence-corrected chi connectivity index (χ1v) is 8.32. The lowest BCUT2D eigenvalue weighted by Crippen LogP contribution is -2.23. The fourth-order valence-corrected chi connectivity index (χ4v) is 4.50. The molecule has 1 aliphatic rings. The largest absolute Gasteiger partial charge is 0.465 e. The van der Waals surface area contributed by atoms with Crippen molar-refractivity contribution in [3.8, 4) is 0 Å². The van der Waals surface area contributed by atoms with Crippen LogP contribution in [0.1, 0.15) is 10.4 Å². The quantitative estimate of drug-likeness (QED) is 0.657. The van der Waals surface area contributed by atoms with Gasteiger partial charge < -0.3 is 15.8 Å². The molecule has 1 heterocycles. The monoisotopic (exact) mass is 298 g/mol. The summed E-state index contributed by atoms with van der Waals surface area (Å²) in [5.74, 6) is 3.20. The predicted molar refractivity (Wildman–Crippen MR) is 84.3 cm³/mol. The fourth-order valence-electron chi connectivity index (χ4n) is 1.89. The molecule has 0 spiro atoms. The summed E-state index contributed by atoms with van der Waals surface area (Å²) in [6.07, 6.45) is 0. The Labute approximate surface area is 121 Å². The molecule has 3 N–H and O–H groups in total. The second-order valence-electron chi connectivity index (χ2n) is 4.21. The number of para-hydroxylation sites is 1. The van der Waals surface area contributed by atoms with Crippen molar-refractivity contribution in [3.63, 3.8) is 0 Å². The molecule has 4 nitrogen and oxygen atoms in total. The lowest BCUT2D eigenvalue weighted by atomic mass is 10.1. The van der Waals surface area contributed by atoms with Crippen LogP contribution in [0.15, 0.2) is 18.2 Å². The molecular formula is C13H18N2O2S2. The Kier molecular flexibility index (Phi) is 5.27. The number of anilines is 2. The SMILES string of the molecule is COC(=O)c1cccc(NCC2CSCCS2)c1N. The number of carbonyl (C=O) groups is 1. The van der Waals surface area contributed by atoms with E-state index in [1.54, 1.807) is 6.07 Å². The molecule has 2 rings (SSSR count). The van der Waals surface area contributed by atoms with E-state index < -0.39 is 5.97 Å². The van der Waals surface area contributed by atoms with E-state index >= 15 is 0 Å². The number of thioether (sulfide) groups is 2. The van der Waals surface area contributed by atoms with Crippen molar-refractivity contribution in [3.05, 3.63) is 23.8 Å². The van der Waals surface area contributed by atoms with Crippen LogP contribution in [0, 0.1) is 0 Å². The highest BCUT2D eigenvalue weighted by Gasteiger charge is 2.16. The minimum absolute atomic E-state index is 0.399. The number of carbonyl (C=O) groups excluding carboxylic acids is 1.